The van der Waals surface area contributed by atoms with E-state index in [-0.39, 0.29) is 17.5 Å². The average molecular weight is 402 g/mol. The molecule has 4 aromatic rings. The average Bonchev–Trinajstić information content (AvgIpc) is 2.77. The molecule has 1 fully saturated rings. The molecule has 5 rings (SSSR count). The van der Waals surface area contributed by atoms with Crippen molar-refractivity contribution >= 4 is 33.2 Å². The van der Waals surface area contributed by atoms with Crippen LogP contribution < -0.4 is 10.9 Å². The highest BCUT2D eigenvalue weighted by Gasteiger charge is 2.21. The lowest BCUT2D eigenvalue weighted by molar-refractivity contribution is 0.00669. The second-order valence-electron chi connectivity index (χ2n) is 7.67. The molecule has 1 N–H and O–H groups in total. The molecule has 0 aliphatic carbocycles. The molecule has 2 aromatic carbocycles. The molecule has 0 bridgehead atoms. The van der Waals surface area contributed by atoms with Crippen molar-refractivity contribution in [2.45, 2.75) is 6.04 Å². The summed E-state index contributed by atoms with van der Waals surface area (Å²) in [5.41, 5.74) is 1.13. The summed E-state index contributed by atoms with van der Waals surface area (Å²) in [6, 6.07) is 15.1. The van der Waals surface area contributed by atoms with Gasteiger partial charge in [0.05, 0.1) is 35.7 Å². The largest absolute Gasteiger partial charge is 0.378 e. The Balaban J connectivity index is 1.56. The van der Waals surface area contributed by atoms with Crippen LogP contribution in [0.2, 0.25) is 0 Å². The molecule has 3 heterocycles. The van der Waals surface area contributed by atoms with Crippen molar-refractivity contribution in [2.75, 3.05) is 33.4 Å². The molecule has 1 atom stereocenters. The number of nitrogens with one attached hydrogen (secondary N) is 1. The number of carbonyl (C=O) groups is 1. The fraction of sp³-hybridized carbons (Fsp3) is 0.261. The summed E-state index contributed by atoms with van der Waals surface area (Å²) in [7, 11) is 2.02. The highest BCUT2D eigenvalue weighted by molar-refractivity contribution is 6.02. The van der Waals surface area contributed by atoms with Crippen LogP contribution in [-0.4, -0.2) is 59.6 Å². The Kier molecular flexibility index (Phi) is 4.69. The Labute approximate surface area is 172 Å². The van der Waals surface area contributed by atoms with Gasteiger partial charge in [0.2, 0.25) is 0 Å². The van der Waals surface area contributed by atoms with Gasteiger partial charge >= 0.3 is 0 Å². The maximum absolute atomic E-state index is 13.1. The first-order valence-corrected chi connectivity index (χ1v) is 10.0. The first-order chi connectivity index (χ1) is 14.6. The highest BCUT2D eigenvalue weighted by atomic mass is 16.5. The Hall–Kier alpha value is -3.29. The second kappa shape index (κ2) is 7.51. The lowest BCUT2D eigenvalue weighted by Gasteiger charge is -2.32. The molecule has 1 amide bonds. The number of ether oxygens (including phenoxy) is 1. The summed E-state index contributed by atoms with van der Waals surface area (Å²) in [4.78, 5) is 32.9. The number of benzene rings is 2. The molecule has 0 saturated carbocycles. The summed E-state index contributed by atoms with van der Waals surface area (Å²) in [5.74, 6) is -0.251. The third kappa shape index (κ3) is 3.22. The van der Waals surface area contributed by atoms with Crippen molar-refractivity contribution < 1.29 is 9.53 Å². The van der Waals surface area contributed by atoms with Gasteiger partial charge in [0.1, 0.15) is 0 Å². The third-order valence-corrected chi connectivity index (χ3v) is 5.77. The van der Waals surface area contributed by atoms with Crippen molar-refractivity contribution in [3.8, 4) is 0 Å². The smallest absolute Gasteiger partial charge is 0.265 e. The first-order valence-electron chi connectivity index (χ1n) is 10.0. The topological polar surface area (TPSA) is 75.9 Å². The quantitative estimate of drug-likeness (QED) is 0.531. The van der Waals surface area contributed by atoms with Crippen LogP contribution in [0.25, 0.3) is 27.3 Å². The van der Waals surface area contributed by atoms with Gasteiger partial charge in [-0.2, -0.15) is 0 Å². The minimum absolute atomic E-state index is 0.126. The lowest BCUT2D eigenvalue weighted by atomic mass is 10.1. The summed E-state index contributed by atoms with van der Waals surface area (Å²) >= 11 is 0. The van der Waals surface area contributed by atoms with Gasteiger partial charge in [-0.25, -0.2) is 4.98 Å². The normalized spacial score (nSPS) is 17.6. The van der Waals surface area contributed by atoms with Crippen molar-refractivity contribution in [3.05, 3.63) is 70.6 Å². The summed E-state index contributed by atoms with van der Waals surface area (Å²) in [6.07, 6.45) is 1.65. The second-order valence-corrected chi connectivity index (χ2v) is 7.67. The molecule has 0 spiro atoms. The number of morpholine rings is 1. The Morgan fingerprint density at radius 1 is 1.20 bits per heavy atom. The predicted octanol–water partition coefficient (Wildman–Crippen LogP) is 2.06. The molecular weight excluding hydrogens is 380 g/mol. The molecule has 1 saturated heterocycles. The summed E-state index contributed by atoms with van der Waals surface area (Å²) < 4.78 is 6.96. The van der Waals surface area contributed by atoms with E-state index in [1.54, 1.807) is 18.3 Å². The van der Waals surface area contributed by atoms with E-state index in [1.165, 1.54) is 4.40 Å². The van der Waals surface area contributed by atoms with Crippen LogP contribution in [0.15, 0.2) is 59.5 Å². The highest BCUT2D eigenvalue weighted by Crippen LogP contribution is 2.20. The van der Waals surface area contributed by atoms with E-state index in [4.69, 9.17) is 4.74 Å². The van der Waals surface area contributed by atoms with Crippen LogP contribution in [0.3, 0.4) is 0 Å². The Bertz CT molecular complexity index is 1330. The van der Waals surface area contributed by atoms with Crippen LogP contribution in [0.4, 0.5) is 0 Å². The fourth-order valence-electron chi connectivity index (χ4n) is 3.95. The van der Waals surface area contributed by atoms with Crippen LogP contribution in [-0.2, 0) is 4.74 Å². The molecule has 7 heteroatoms. The van der Waals surface area contributed by atoms with Crippen molar-refractivity contribution in [3.63, 3.8) is 0 Å². The molecule has 152 valence electrons. The fourth-order valence-corrected chi connectivity index (χ4v) is 3.95. The minimum atomic E-state index is -0.251. The summed E-state index contributed by atoms with van der Waals surface area (Å²) in [5, 5.41) is 5.49. The van der Waals surface area contributed by atoms with E-state index in [9.17, 15) is 9.59 Å². The van der Waals surface area contributed by atoms with Gasteiger partial charge in [-0.3, -0.25) is 18.9 Å². The predicted molar refractivity (Wildman–Crippen MR) is 116 cm³/mol. The molecule has 0 radical (unpaired) electrons. The van der Waals surface area contributed by atoms with Gasteiger partial charge in [-0.05, 0) is 42.1 Å². The monoisotopic (exact) mass is 402 g/mol. The third-order valence-electron chi connectivity index (χ3n) is 5.77. The molecule has 7 nitrogen and oxygen atoms in total. The number of hydrogen-bond acceptors (Lipinski definition) is 5. The van der Waals surface area contributed by atoms with Crippen LogP contribution in [0.5, 0.6) is 0 Å². The van der Waals surface area contributed by atoms with Gasteiger partial charge in [-0.15, -0.1) is 0 Å². The molecule has 1 aliphatic rings. The number of fused-ring (bicyclic) bond motifs is 3. The number of carbonyl (C=O) groups excluding carboxylic acids is 1. The standard InChI is InChI=1S/C23H22N4O3/c1-26-9-10-30-14-17(26)13-24-22(28)18-7-4-8-27-21(18)25-20-12-16-6-3-2-5-15(16)11-19(20)23(27)29/h2-8,11-12,17H,9-10,13-14H2,1H3,(H,24,28). The van der Waals surface area contributed by atoms with E-state index >= 15 is 0 Å². The van der Waals surface area contributed by atoms with Gasteiger partial charge in [-0.1, -0.05) is 24.3 Å². The Morgan fingerprint density at radius 2 is 2.00 bits per heavy atom. The number of pyridine rings is 1. The zero-order valence-electron chi connectivity index (χ0n) is 16.7. The number of aromatic nitrogens is 2. The SMILES string of the molecule is CN1CCOCC1CNC(=O)c1cccn2c(=O)c3cc4ccccc4cc3nc12. The van der Waals surface area contributed by atoms with Crippen LogP contribution >= 0.6 is 0 Å². The molecule has 1 aliphatic heterocycles. The van der Waals surface area contributed by atoms with Gasteiger partial charge < -0.3 is 10.1 Å². The maximum atomic E-state index is 13.1. The minimum Gasteiger partial charge on any atom is -0.378 e. The van der Waals surface area contributed by atoms with Crippen molar-refractivity contribution in [1.29, 1.82) is 0 Å². The number of amides is 1. The van der Waals surface area contributed by atoms with E-state index in [0.29, 0.717) is 41.9 Å². The number of rotatable bonds is 3. The van der Waals surface area contributed by atoms with Gasteiger partial charge in [0.25, 0.3) is 11.5 Å². The van der Waals surface area contributed by atoms with Crippen molar-refractivity contribution in [2.24, 2.45) is 0 Å². The van der Waals surface area contributed by atoms with Crippen LogP contribution in [0.1, 0.15) is 10.4 Å². The van der Waals surface area contributed by atoms with Gasteiger partial charge in [0.15, 0.2) is 5.65 Å². The van der Waals surface area contributed by atoms with Crippen molar-refractivity contribution in [1.82, 2.24) is 19.6 Å². The molecular formula is C23H22N4O3. The molecule has 30 heavy (non-hydrogen) atoms. The first kappa shape index (κ1) is 18.7. The van der Waals surface area contributed by atoms with E-state index in [0.717, 1.165) is 17.3 Å². The Morgan fingerprint density at radius 3 is 2.80 bits per heavy atom. The number of hydrogen-bond donors (Lipinski definition) is 1. The zero-order valence-corrected chi connectivity index (χ0v) is 16.7. The zero-order chi connectivity index (χ0) is 20.7. The van der Waals surface area contributed by atoms with E-state index < -0.39 is 0 Å². The summed E-state index contributed by atoms with van der Waals surface area (Å²) in [6.45, 7) is 2.60. The van der Waals surface area contributed by atoms with Gasteiger partial charge in [0, 0.05) is 19.3 Å². The number of likely N-dealkylation sites (N-methyl/N-ethyl adjacent to an activating group) is 1. The molecule has 1 unspecified atom stereocenters. The van der Waals surface area contributed by atoms with Crippen LogP contribution in [0, 0.1) is 0 Å². The van der Waals surface area contributed by atoms with E-state index in [2.05, 4.69) is 15.2 Å². The maximum Gasteiger partial charge on any atom is 0.265 e. The lowest BCUT2D eigenvalue weighted by Crippen LogP contribution is -2.49. The molecule has 2 aromatic heterocycles. The van der Waals surface area contributed by atoms with E-state index in [1.807, 2.05) is 43.4 Å². The number of nitrogens with zero attached hydrogens (tertiary/aromatic N) is 3.